The van der Waals surface area contributed by atoms with Crippen LogP contribution in [0.3, 0.4) is 0 Å². The molecule has 1 aliphatic carbocycles. The number of primary amides is 1. The molecule has 2 rings (SSSR count). The van der Waals surface area contributed by atoms with Crippen molar-refractivity contribution in [2.75, 3.05) is 0 Å². The van der Waals surface area contributed by atoms with E-state index in [0.717, 1.165) is 21.8 Å². The molecular formula is C21H29Br2NO4S. The largest absolute Gasteiger partial charge is 0.393 e. The Morgan fingerprint density at radius 3 is 2.72 bits per heavy atom. The number of unbranched alkanes of at least 4 members (excludes halogenated alkanes) is 1. The number of nitrogens with two attached hydrogens (primary N) is 1. The minimum Gasteiger partial charge on any atom is -0.393 e. The Balaban J connectivity index is 1.84. The number of amides is 1. The molecule has 1 heterocycles. The fourth-order valence-electron chi connectivity index (χ4n) is 3.63. The lowest BCUT2D eigenvalue weighted by Crippen LogP contribution is -2.20. The summed E-state index contributed by atoms with van der Waals surface area (Å²) in [7, 11) is 0. The van der Waals surface area contributed by atoms with Crippen molar-refractivity contribution in [2.24, 2.45) is 17.6 Å². The summed E-state index contributed by atoms with van der Waals surface area (Å²) >= 11 is 8.65. The third-order valence-corrected chi connectivity index (χ3v) is 8.94. The fourth-order valence-corrected chi connectivity index (χ4v) is 5.84. The number of thiophene rings is 1. The monoisotopic (exact) mass is 549 g/mol. The minimum absolute atomic E-state index is 0.0803. The van der Waals surface area contributed by atoms with Gasteiger partial charge in [-0.2, -0.15) is 0 Å². The molecule has 0 aliphatic heterocycles. The van der Waals surface area contributed by atoms with Crippen molar-refractivity contribution in [3.63, 3.8) is 0 Å². The molecule has 1 amide bonds. The summed E-state index contributed by atoms with van der Waals surface area (Å²) in [5, 5.41) is 32.9. The van der Waals surface area contributed by atoms with Gasteiger partial charge < -0.3 is 21.1 Å². The summed E-state index contributed by atoms with van der Waals surface area (Å²) in [6, 6.07) is 0. The van der Waals surface area contributed by atoms with Crippen LogP contribution in [0.2, 0.25) is 0 Å². The first kappa shape index (κ1) is 24.8. The van der Waals surface area contributed by atoms with Gasteiger partial charge in [-0.15, -0.1) is 11.3 Å². The molecular weight excluding hydrogens is 522 g/mol. The number of carbonyl (C=O) groups excluding carboxylic acids is 1. The molecule has 5 unspecified atom stereocenters. The number of halogens is 2. The normalized spacial score (nSPS) is 26.0. The van der Waals surface area contributed by atoms with E-state index in [-0.39, 0.29) is 17.7 Å². The smallest absolute Gasteiger partial charge is 0.217 e. The Morgan fingerprint density at radius 1 is 1.31 bits per heavy atom. The van der Waals surface area contributed by atoms with Gasteiger partial charge in [0.15, 0.2) is 0 Å². The van der Waals surface area contributed by atoms with Crippen molar-refractivity contribution in [3.8, 4) is 0 Å². The van der Waals surface area contributed by atoms with Crippen LogP contribution in [0.5, 0.6) is 0 Å². The third kappa shape index (κ3) is 7.92. The van der Waals surface area contributed by atoms with E-state index >= 15 is 0 Å². The number of rotatable bonds is 11. The third-order valence-electron chi connectivity index (χ3n) is 5.27. The van der Waals surface area contributed by atoms with Gasteiger partial charge in [-0.3, -0.25) is 4.79 Å². The Morgan fingerprint density at radius 2 is 2.07 bits per heavy atom. The maximum atomic E-state index is 10.7. The van der Waals surface area contributed by atoms with E-state index in [9.17, 15) is 20.1 Å². The quantitative estimate of drug-likeness (QED) is 0.246. The average Bonchev–Trinajstić information content (AvgIpc) is 3.12. The Bertz CT molecular complexity index is 722. The molecule has 0 radical (unpaired) electrons. The van der Waals surface area contributed by atoms with Crippen LogP contribution in [0.15, 0.2) is 38.6 Å². The van der Waals surface area contributed by atoms with Crippen LogP contribution < -0.4 is 5.73 Å². The van der Waals surface area contributed by atoms with Gasteiger partial charge in [-0.1, -0.05) is 24.3 Å². The minimum atomic E-state index is -0.607. The Kier molecular flexibility index (Phi) is 10.6. The van der Waals surface area contributed by atoms with Gasteiger partial charge in [0.05, 0.1) is 18.3 Å². The van der Waals surface area contributed by atoms with E-state index in [1.165, 1.54) is 4.88 Å². The number of hydrogen-bond acceptors (Lipinski definition) is 5. The fraction of sp³-hybridized carbons (Fsp3) is 0.571. The highest BCUT2D eigenvalue weighted by Gasteiger charge is 2.39. The lowest BCUT2D eigenvalue weighted by Gasteiger charge is -2.19. The van der Waals surface area contributed by atoms with E-state index in [1.54, 1.807) is 17.4 Å². The maximum absolute atomic E-state index is 10.7. The van der Waals surface area contributed by atoms with Crippen molar-refractivity contribution < 1.29 is 20.1 Å². The van der Waals surface area contributed by atoms with Gasteiger partial charge in [0.25, 0.3) is 0 Å². The van der Waals surface area contributed by atoms with Crippen LogP contribution in [-0.4, -0.2) is 39.5 Å². The van der Waals surface area contributed by atoms with Crippen molar-refractivity contribution >= 4 is 49.1 Å². The summed E-state index contributed by atoms with van der Waals surface area (Å²) in [6.45, 7) is 0. The summed E-state index contributed by atoms with van der Waals surface area (Å²) < 4.78 is 2.06. The van der Waals surface area contributed by atoms with Gasteiger partial charge in [0, 0.05) is 38.0 Å². The SMILES string of the molecule is NC(=O)CCC/C=C/CC1C(O)CC(O)C1/C=C/C(O)CCc1scc(Br)c1Br. The topological polar surface area (TPSA) is 104 Å². The van der Waals surface area contributed by atoms with E-state index in [1.807, 2.05) is 23.6 Å². The first-order valence-electron chi connectivity index (χ1n) is 9.86. The van der Waals surface area contributed by atoms with Crippen LogP contribution in [0.25, 0.3) is 0 Å². The molecule has 0 spiro atoms. The van der Waals surface area contributed by atoms with Crippen molar-refractivity contribution in [1.82, 2.24) is 0 Å². The molecule has 0 bridgehead atoms. The lowest BCUT2D eigenvalue weighted by atomic mass is 9.89. The Labute approximate surface area is 193 Å². The predicted molar refractivity (Wildman–Crippen MR) is 124 cm³/mol. The van der Waals surface area contributed by atoms with Crippen molar-refractivity contribution in [2.45, 2.75) is 63.3 Å². The van der Waals surface area contributed by atoms with Gasteiger partial charge >= 0.3 is 0 Å². The molecule has 0 aromatic carbocycles. The number of allylic oxidation sites excluding steroid dienone is 2. The van der Waals surface area contributed by atoms with Crippen LogP contribution in [-0.2, 0) is 11.2 Å². The molecule has 0 saturated heterocycles. The number of hydrogen-bond donors (Lipinski definition) is 4. The standard InChI is InChI=1S/C21H29Br2NO4S/c22-16-12-29-19(21(16)23)10-8-13(25)7-9-15-14(17(26)11-18(15)27)5-3-1-2-4-6-20(24)28/h1,3,7,9,12-15,17-18,25-27H,2,4-6,8,10-11H2,(H2,24,28)/b3-1+,9-7+. The molecule has 29 heavy (non-hydrogen) atoms. The molecule has 8 heteroatoms. The van der Waals surface area contributed by atoms with E-state index in [4.69, 9.17) is 5.73 Å². The molecule has 1 fully saturated rings. The van der Waals surface area contributed by atoms with Gasteiger partial charge in [0.1, 0.15) is 0 Å². The zero-order valence-electron chi connectivity index (χ0n) is 16.2. The molecule has 1 saturated carbocycles. The van der Waals surface area contributed by atoms with E-state index in [2.05, 4.69) is 31.9 Å². The van der Waals surface area contributed by atoms with Crippen LogP contribution >= 0.6 is 43.2 Å². The summed E-state index contributed by atoms with van der Waals surface area (Å²) in [5.74, 6) is -0.559. The van der Waals surface area contributed by atoms with Crippen LogP contribution in [0.1, 0.15) is 43.4 Å². The second-order valence-electron chi connectivity index (χ2n) is 7.49. The van der Waals surface area contributed by atoms with Crippen LogP contribution in [0.4, 0.5) is 0 Å². The number of aliphatic hydroxyl groups is 3. The molecule has 1 aromatic rings. The Hall–Kier alpha value is -0.510. The zero-order chi connectivity index (χ0) is 21.4. The number of carbonyl (C=O) groups is 1. The highest BCUT2D eigenvalue weighted by Crippen LogP contribution is 2.37. The molecule has 162 valence electrons. The molecule has 1 aliphatic rings. The molecule has 5 nitrogen and oxygen atoms in total. The van der Waals surface area contributed by atoms with Crippen molar-refractivity contribution in [1.29, 1.82) is 0 Å². The summed E-state index contributed by atoms with van der Waals surface area (Å²) in [5.41, 5.74) is 5.12. The van der Waals surface area contributed by atoms with E-state index in [0.29, 0.717) is 32.1 Å². The van der Waals surface area contributed by atoms with Gasteiger partial charge in [-0.25, -0.2) is 0 Å². The molecule has 1 aromatic heterocycles. The first-order valence-corrected chi connectivity index (χ1v) is 12.3. The number of aryl methyl sites for hydroxylation is 1. The zero-order valence-corrected chi connectivity index (χ0v) is 20.2. The maximum Gasteiger partial charge on any atom is 0.217 e. The average molecular weight is 551 g/mol. The molecule has 5 atom stereocenters. The highest BCUT2D eigenvalue weighted by molar-refractivity contribution is 9.13. The molecule has 5 N–H and O–H groups in total. The van der Waals surface area contributed by atoms with E-state index < -0.39 is 18.3 Å². The predicted octanol–water partition coefficient (Wildman–Crippen LogP) is 4.08. The lowest BCUT2D eigenvalue weighted by molar-refractivity contribution is -0.118. The second kappa shape index (κ2) is 12.4. The van der Waals surface area contributed by atoms with Crippen LogP contribution in [0, 0.1) is 11.8 Å². The van der Waals surface area contributed by atoms with Gasteiger partial charge in [0.2, 0.25) is 5.91 Å². The number of aliphatic hydroxyl groups excluding tert-OH is 3. The summed E-state index contributed by atoms with van der Waals surface area (Å²) in [4.78, 5) is 11.9. The van der Waals surface area contributed by atoms with Crippen molar-refractivity contribution in [3.05, 3.63) is 43.5 Å². The highest BCUT2D eigenvalue weighted by atomic mass is 79.9. The summed E-state index contributed by atoms with van der Waals surface area (Å²) in [6.07, 6.45) is 10.0. The first-order chi connectivity index (χ1) is 13.8. The van der Waals surface area contributed by atoms with Gasteiger partial charge in [-0.05, 0) is 69.9 Å². The second-order valence-corrected chi connectivity index (χ2v) is 10.1.